The predicted octanol–water partition coefficient (Wildman–Crippen LogP) is 3.86. The van der Waals surface area contributed by atoms with Crippen LogP contribution >= 0.6 is 11.8 Å². The molecule has 2 aromatic rings. The molecule has 0 aliphatic carbocycles. The molecule has 1 N–H and O–H groups in total. The lowest BCUT2D eigenvalue weighted by atomic mass is 10.1. The Bertz CT molecular complexity index is 1430. The van der Waals surface area contributed by atoms with E-state index in [0.29, 0.717) is 43.3 Å². The quantitative estimate of drug-likeness (QED) is 0.373. The molecule has 2 heterocycles. The number of amides is 1. The highest BCUT2D eigenvalue weighted by Crippen LogP contribution is 2.32. The van der Waals surface area contributed by atoms with E-state index in [2.05, 4.69) is 10.1 Å². The minimum absolute atomic E-state index is 0.0211. The smallest absolute Gasteiger partial charge is 0.283 e. The SMILES string of the molecule is CCOc1cc(/C=C2/C(=N)N3N=C(S(C)(=O)=O)SC3=NC2=O)ccc1OCCCOc1cccc(C)c1. The third-order valence-electron chi connectivity index (χ3n) is 5.14. The Kier molecular flexibility index (Phi) is 7.98. The van der Waals surface area contributed by atoms with Crippen molar-refractivity contribution in [3.8, 4) is 17.2 Å². The van der Waals surface area contributed by atoms with E-state index in [9.17, 15) is 13.2 Å². The van der Waals surface area contributed by atoms with Crippen molar-refractivity contribution >= 4 is 49.0 Å². The van der Waals surface area contributed by atoms with Crippen LogP contribution in [-0.2, 0) is 14.6 Å². The number of nitrogens with zero attached hydrogens (tertiary/aromatic N) is 3. The van der Waals surface area contributed by atoms with Crippen molar-refractivity contribution in [2.24, 2.45) is 10.1 Å². The van der Waals surface area contributed by atoms with E-state index in [1.807, 2.05) is 38.1 Å². The average molecular weight is 543 g/mol. The molecular weight excluding hydrogens is 516 g/mol. The minimum Gasteiger partial charge on any atom is -0.493 e. The van der Waals surface area contributed by atoms with Crippen molar-refractivity contribution < 1.29 is 27.4 Å². The predicted molar refractivity (Wildman–Crippen MR) is 144 cm³/mol. The van der Waals surface area contributed by atoms with Gasteiger partial charge in [-0.3, -0.25) is 10.2 Å². The van der Waals surface area contributed by atoms with Crippen LogP contribution in [0.15, 0.2) is 58.1 Å². The zero-order valence-corrected chi connectivity index (χ0v) is 22.2. The van der Waals surface area contributed by atoms with Crippen molar-refractivity contribution in [3.63, 3.8) is 0 Å². The highest BCUT2D eigenvalue weighted by atomic mass is 32.3. The second-order valence-corrected chi connectivity index (χ2v) is 11.3. The molecule has 194 valence electrons. The molecule has 4 rings (SSSR count). The van der Waals surface area contributed by atoms with Crippen molar-refractivity contribution in [3.05, 3.63) is 59.2 Å². The summed E-state index contributed by atoms with van der Waals surface area (Å²) in [5.41, 5.74) is 1.70. The molecule has 0 aromatic heterocycles. The van der Waals surface area contributed by atoms with Crippen molar-refractivity contribution in [1.29, 1.82) is 5.41 Å². The van der Waals surface area contributed by atoms with Crippen LogP contribution in [0.25, 0.3) is 6.08 Å². The number of nitrogens with one attached hydrogen (secondary N) is 1. The Balaban J connectivity index is 1.44. The number of carbonyl (C=O) groups excluding carboxylic acids is 1. The largest absolute Gasteiger partial charge is 0.493 e. The van der Waals surface area contributed by atoms with Gasteiger partial charge in [0, 0.05) is 12.7 Å². The molecule has 2 aromatic carbocycles. The lowest BCUT2D eigenvalue weighted by Crippen LogP contribution is -2.35. The fourth-order valence-electron chi connectivity index (χ4n) is 3.43. The van der Waals surface area contributed by atoms with Crippen LogP contribution in [0.5, 0.6) is 17.2 Å². The first-order valence-corrected chi connectivity index (χ1v) is 14.2. The summed E-state index contributed by atoms with van der Waals surface area (Å²) in [6.07, 6.45) is 3.17. The zero-order chi connectivity index (χ0) is 26.6. The third kappa shape index (κ3) is 6.38. The fraction of sp³-hybridized carbons (Fsp3) is 0.280. The normalized spacial score (nSPS) is 16.4. The summed E-state index contributed by atoms with van der Waals surface area (Å²) < 4.78 is 40.8. The van der Waals surface area contributed by atoms with Crippen LogP contribution in [0.3, 0.4) is 0 Å². The standard InChI is InChI=1S/C25H26N4O6S2/c1-4-33-21-15-17(9-10-20(21)35-12-6-11-34-18-8-5-7-16(2)13-18)14-19-22(26)29-24(27-23(19)30)36-25(28-29)37(3,31)32/h5,7-10,13-15,26H,4,6,11-12H2,1-3H3/b19-14-,26-22?. The molecule has 1 amide bonds. The first-order valence-electron chi connectivity index (χ1n) is 11.4. The van der Waals surface area contributed by atoms with Crippen LogP contribution in [0.2, 0.25) is 0 Å². The van der Waals surface area contributed by atoms with Gasteiger partial charge in [-0.15, -0.1) is 5.10 Å². The number of aryl methyl sites for hydroxylation is 1. The van der Waals surface area contributed by atoms with E-state index < -0.39 is 15.7 Å². The van der Waals surface area contributed by atoms with Gasteiger partial charge < -0.3 is 14.2 Å². The number of sulfone groups is 1. The highest BCUT2D eigenvalue weighted by molar-refractivity contribution is 8.42. The molecule has 12 heteroatoms. The number of benzene rings is 2. The number of amidine groups is 2. The molecule has 0 atom stereocenters. The fourth-order valence-corrected chi connectivity index (χ4v) is 5.11. The van der Waals surface area contributed by atoms with E-state index in [1.54, 1.807) is 18.2 Å². The second-order valence-electron chi connectivity index (χ2n) is 8.16. The molecule has 0 unspecified atom stereocenters. The van der Waals surface area contributed by atoms with Crippen LogP contribution in [0.1, 0.15) is 24.5 Å². The third-order valence-corrected chi connectivity index (χ3v) is 7.71. The average Bonchev–Trinajstić information content (AvgIpc) is 3.28. The van der Waals surface area contributed by atoms with Crippen LogP contribution in [0.4, 0.5) is 0 Å². The summed E-state index contributed by atoms with van der Waals surface area (Å²) in [7, 11) is -3.60. The molecule has 0 saturated carbocycles. The Morgan fingerprint density at radius 3 is 2.59 bits per heavy atom. The number of hydrogen-bond acceptors (Lipinski definition) is 9. The minimum atomic E-state index is -3.60. The van der Waals surface area contributed by atoms with E-state index in [-0.39, 0.29) is 21.0 Å². The Morgan fingerprint density at radius 2 is 1.86 bits per heavy atom. The highest BCUT2D eigenvalue weighted by Gasteiger charge is 2.38. The summed E-state index contributed by atoms with van der Waals surface area (Å²) >= 11 is 0.742. The molecular formula is C25H26N4O6S2. The summed E-state index contributed by atoms with van der Waals surface area (Å²) in [6, 6.07) is 13.0. The van der Waals surface area contributed by atoms with Gasteiger partial charge in [0.15, 0.2) is 17.3 Å². The number of hydrogen-bond donors (Lipinski definition) is 1. The van der Waals surface area contributed by atoms with Crippen LogP contribution in [-0.4, -0.2) is 60.8 Å². The molecule has 0 fully saturated rings. The zero-order valence-electron chi connectivity index (χ0n) is 20.6. The van der Waals surface area contributed by atoms with Crippen molar-refractivity contribution in [1.82, 2.24) is 5.01 Å². The van der Waals surface area contributed by atoms with Crippen LogP contribution in [0, 0.1) is 12.3 Å². The van der Waals surface area contributed by atoms with Crippen molar-refractivity contribution in [2.45, 2.75) is 20.3 Å². The van der Waals surface area contributed by atoms with E-state index in [0.717, 1.165) is 34.3 Å². The van der Waals surface area contributed by atoms with Gasteiger partial charge in [0.25, 0.3) is 5.91 Å². The number of carbonyl (C=O) groups is 1. The molecule has 0 radical (unpaired) electrons. The summed E-state index contributed by atoms with van der Waals surface area (Å²) in [6.45, 7) is 5.19. The molecule has 0 spiro atoms. The maximum atomic E-state index is 12.6. The van der Waals surface area contributed by atoms with Crippen LogP contribution < -0.4 is 14.2 Å². The molecule has 0 bridgehead atoms. The number of rotatable bonds is 9. The van der Waals surface area contributed by atoms with E-state index in [4.69, 9.17) is 19.6 Å². The first-order chi connectivity index (χ1) is 17.7. The maximum absolute atomic E-state index is 12.6. The maximum Gasteiger partial charge on any atom is 0.283 e. The molecule has 2 aliphatic rings. The van der Waals surface area contributed by atoms with E-state index in [1.165, 1.54) is 6.08 Å². The molecule has 10 nitrogen and oxygen atoms in total. The van der Waals surface area contributed by atoms with Gasteiger partial charge in [-0.1, -0.05) is 18.2 Å². The van der Waals surface area contributed by atoms with Gasteiger partial charge in [-0.05, 0) is 67.1 Å². The molecule has 2 aliphatic heterocycles. The lowest BCUT2D eigenvalue weighted by Gasteiger charge is -2.20. The topological polar surface area (TPSA) is 131 Å². The van der Waals surface area contributed by atoms with Crippen molar-refractivity contribution in [2.75, 3.05) is 26.1 Å². The molecule has 0 saturated heterocycles. The summed E-state index contributed by atoms with van der Waals surface area (Å²) in [5, 5.41) is 13.4. The number of ether oxygens (including phenoxy) is 3. The number of hydrazone groups is 1. The lowest BCUT2D eigenvalue weighted by molar-refractivity contribution is -0.114. The molecule has 37 heavy (non-hydrogen) atoms. The van der Waals surface area contributed by atoms with E-state index >= 15 is 0 Å². The van der Waals surface area contributed by atoms with Gasteiger partial charge in [0.2, 0.25) is 19.4 Å². The summed E-state index contributed by atoms with van der Waals surface area (Å²) in [5.74, 6) is 0.943. The summed E-state index contributed by atoms with van der Waals surface area (Å²) in [4.78, 5) is 16.5. The Labute approximate surface area is 219 Å². The van der Waals surface area contributed by atoms with Gasteiger partial charge in [-0.25, -0.2) is 8.42 Å². The number of fused-ring (bicyclic) bond motifs is 1. The Hall–Kier alpha value is -3.64. The second kappa shape index (κ2) is 11.2. The Morgan fingerprint density at radius 1 is 1.08 bits per heavy atom. The number of thioether (sulfide) groups is 1. The number of aliphatic imine (C=N–C) groups is 1. The van der Waals surface area contributed by atoms with Gasteiger partial charge >= 0.3 is 0 Å². The van der Waals surface area contributed by atoms with Gasteiger partial charge in [0.1, 0.15) is 5.75 Å². The van der Waals surface area contributed by atoms with Gasteiger partial charge in [-0.2, -0.15) is 10.0 Å². The first kappa shape index (κ1) is 26.4. The monoisotopic (exact) mass is 542 g/mol. The van der Waals surface area contributed by atoms with Gasteiger partial charge in [0.05, 0.1) is 25.4 Å².